The van der Waals surface area contributed by atoms with Crippen LogP contribution in [-0.4, -0.2) is 10.2 Å². The largest absolute Gasteiger partial charge is 0.281 e. The first-order valence-corrected chi connectivity index (χ1v) is 9.86. The molecule has 2 nitrogen and oxygen atoms in total. The number of H-pyrrole nitrogens is 1. The summed E-state index contributed by atoms with van der Waals surface area (Å²) in [6.07, 6.45) is 4.83. The molecule has 5 rings (SSSR count). The second-order valence-corrected chi connectivity index (χ2v) is 7.88. The third-order valence-electron chi connectivity index (χ3n) is 5.35. The molecule has 4 aromatic rings. The van der Waals surface area contributed by atoms with Crippen molar-refractivity contribution in [1.82, 2.24) is 10.2 Å². The maximum absolute atomic E-state index is 13.6. The van der Waals surface area contributed by atoms with Crippen molar-refractivity contribution in [3.63, 3.8) is 0 Å². The fraction of sp³-hybridized carbons (Fsp3) is 0.0870. The van der Waals surface area contributed by atoms with Crippen molar-refractivity contribution in [3.05, 3.63) is 106 Å². The smallest absolute Gasteiger partial charge is 0.123 e. The number of aromatic amines is 1. The van der Waals surface area contributed by atoms with Crippen LogP contribution >= 0.6 is 11.3 Å². The standard InChI is InChI=1S/C23H16F2N2S/c24-17-7-3-15(4-8-17)23(16-5-9-18(25)10-6-16)12-11-19-20(14-23)26-27-22(19)21-2-1-13-28-21/h1-13H,14H2,(H,26,27). The molecule has 0 atom stereocenters. The van der Waals surface area contributed by atoms with Gasteiger partial charge >= 0.3 is 0 Å². The van der Waals surface area contributed by atoms with E-state index in [0.29, 0.717) is 6.42 Å². The summed E-state index contributed by atoms with van der Waals surface area (Å²) in [5.74, 6) is -0.556. The molecule has 1 aliphatic rings. The van der Waals surface area contributed by atoms with Crippen molar-refractivity contribution >= 4 is 17.4 Å². The number of nitrogens with zero attached hydrogens (tertiary/aromatic N) is 1. The maximum atomic E-state index is 13.6. The van der Waals surface area contributed by atoms with Crippen molar-refractivity contribution in [2.45, 2.75) is 11.8 Å². The first-order chi connectivity index (χ1) is 13.7. The number of hydrogen-bond acceptors (Lipinski definition) is 2. The van der Waals surface area contributed by atoms with E-state index in [1.54, 1.807) is 35.6 Å². The van der Waals surface area contributed by atoms with Crippen LogP contribution in [-0.2, 0) is 11.8 Å². The van der Waals surface area contributed by atoms with Gasteiger partial charge in [-0.15, -0.1) is 11.3 Å². The lowest BCUT2D eigenvalue weighted by atomic mass is 9.68. The number of rotatable bonds is 3. The number of hydrogen-bond donors (Lipinski definition) is 1. The average Bonchev–Trinajstić information content (AvgIpc) is 3.38. The van der Waals surface area contributed by atoms with E-state index >= 15 is 0 Å². The molecular formula is C23H16F2N2S. The first kappa shape index (κ1) is 17.1. The molecule has 5 heteroatoms. The van der Waals surface area contributed by atoms with Gasteiger partial charge in [0.2, 0.25) is 0 Å². The molecule has 1 N–H and O–H groups in total. The number of allylic oxidation sites excluding steroid dienone is 1. The number of halogens is 2. The Kier molecular flexibility index (Phi) is 3.98. The molecular weight excluding hydrogens is 374 g/mol. The van der Waals surface area contributed by atoms with Gasteiger partial charge in [0.05, 0.1) is 4.88 Å². The minimum Gasteiger partial charge on any atom is -0.281 e. The number of nitrogens with one attached hydrogen (secondary N) is 1. The van der Waals surface area contributed by atoms with Gasteiger partial charge in [-0.1, -0.05) is 42.5 Å². The van der Waals surface area contributed by atoms with Gasteiger partial charge in [-0.05, 0) is 46.8 Å². The Morgan fingerprint density at radius 3 is 2.11 bits per heavy atom. The second-order valence-electron chi connectivity index (χ2n) is 6.94. The summed E-state index contributed by atoms with van der Waals surface area (Å²) in [4.78, 5) is 1.11. The highest BCUT2D eigenvalue weighted by atomic mass is 32.1. The average molecular weight is 390 g/mol. The normalized spacial score (nSPS) is 14.8. The Labute approximate surface area is 165 Å². The van der Waals surface area contributed by atoms with Gasteiger partial charge in [-0.25, -0.2) is 8.78 Å². The van der Waals surface area contributed by atoms with E-state index in [1.165, 1.54) is 24.3 Å². The van der Waals surface area contributed by atoms with Crippen LogP contribution in [0.4, 0.5) is 8.78 Å². The predicted octanol–water partition coefficient (Wildman–Crippen LogP) is 5.97. The molecule has 0 radical (unpaired) electrons. The summed E-state index contributed by atoms with van der Waals surface area (Å²) in [6.45, 7) is 0. The maximum Gasteiger partial charge on any atom is 0.123 e. The number of fused-ring (bicyclic) bond motifs is 1. The molecule has 0 fully saturated rings. The van der Waals surface area contributed by atoms with E-state index < -0.39 is 5.41 Å². The summed E-state index contributed by atoms with van der Waals surface area (Å²) in [6, 6.07) is 17.1. The fourth-order valence-electron chi connectivity index (χ4n) is 3.92. The van der Waals surface area contributed by atoms with Gasteiger partial charge in [0.15, 0.2) is 0 Å². The topological polar surface area (TPSA) is 28.7 Å². The van der Waals surface area contributed by atoms with Crippen molar-refractivity contribution in [2.24, 2.45) is 0 Å². The molecule has 0 amide bonds. The van der Waals surface area contributed by atoms with Gasteiger partial charge < -0.3 is 0 Å². The van der Waals surface area contributed by atoms with E-state index in [-0.39, 0.29) is 11.6 Å². The van der Waals surface area contributed by atoms with Crippen LogP contribution in [0.2, 0.25) is 0 Å². The van der Waals surface area contributed by atoms with Crippen LogP contribution in [0.5, 0.6) is 0 Å². The number of aromatic nitrogens is 2. The summed E-state index contributed by atoms with van der Waals surface area (Å²) >= 11 is 1.65. The third kappa shape index (κ3) is 2.70. The zero-order valence-electron chi connectivity index (χ0n) is 14.8. The van der Waals surface area contributed by atoms with E-state index in [2.05, 4.69) is 28.4 Å². The highest BCUT2D eigenvalue weighted by Gasteiger charge is 2.36. The Bertz CT molecular complexity index is 1100. The zero-order chi connectivity index (χ0) is 19.1. The summed E-state index contributed by atoms with van der Waals surface area (Å²) in [5.41, 5.74) is 4.41. The molecule has 0 saturated heterocycles. The van der Waals surface area contributed by atoms with Crippen LogP contribution in [0.1, 0.15) is 22.4 Å². The van der Waals surface area contributed by atoms with Gasteiger partial charge in [0.1, 0.15) is 17.3 Å². The lowest BCUT2D eigenvalue weighted by molar-refractivity contribution is 0.599. The zero-order valence-corrected chi connectivity index (χ0v) is 15.6. The van der Waals surface area contributed by atoms with Gasteiger partial charge in [-0.2, -0.15) is 5.10 Å². The molecule has 2 heterocycles. The Morgan fingerprint density at radius 2 is 1.54 bits per heavy atom. The van der Waals surface area contributed by atoms with Crippen molar-refractivity contribution in [3.8, 4) is 10.6 Å². The van der Waals surface area contributed by atoms with Crippen molar-refractivity contribution in [1.29, 1.82) is 0 Å². The highest BCUT2D eigenvalue weighted by molar-refractivity contribution is 7.13. The molecule has 0 aliphatic heterocycles. The van der Waals surface area contributed by atoms with E-state index in [9.17, 15) is 8.78 Å². The Morgan fingerprint density at radius 1 is 0.893 bits per heavy atom. The lowest BCUT2D eigenvalue weighted by Gasteiger charge is -2.34. The molecule has 0 bridgehead atoms. The minimum absolute atomic E-state index is 0.278. The SMILES string of the molecule is Fc1ccc(C2(c3ccc(F)cc3)C=Cc3c(-c4cccs4)n[nH]c3C2)cc1. The van der Waals surface area contributed by atoms with Gasteiger partial charge in [0.25, 0.3) is 0 Å². The lowest BCUT2D eigenvalue weighted by Crippen LogP contribution is -2.30. The predicted molar refractivity (Wildman–Crippen MR) is 108 cm³/mol. The molecule has 138 valence electrons. The van der Waals surface area contributed by atoms with Crippen LogP contribution in [0, 0.1) is 11.6 Å². The monoisotopic (exact) mass is 390 g/mol. The van der Waals surface area contributed by atoms with E-state index in [1.807, 2.05) is 11.4 Å². The van der Waals surface area contributed by atoms with Crippen molar-refractivity contribution in [2.75, 3.05) is 0 Å². The molecule has 1 aliphatic carbocycles. The van der Waals surface area contributed by atoms with E-state index in [0.717, 1.165) is 33.0 Å². The van der Waals surface area contributed by atoms with Crippen LogP contribution in [0.25, 0.3) is 16.6 Å². The number of thiophene rings is 1. The first-order valence-electron chi connectivity index (χ1n) is 8.98. The summed E-state index contributed by atoms with van der Waals surface area (Å²) in [5, 5.41) is 9.76. The van der Waals surface area contributed by atoms with Crippen LogP contribution in [0.15, 0.2) is 72.1 Å². The molecule has 28 heavy (non-hydrogen) atoms. The quantitative estimate of drug-likeness (QED) is 0.459. The fourth-order valence-corrected chi connectivity index (χ4v) is 4.65. The second kappa shape index (κ2) is 6.53. The van der Waals surface area contributed by atoms with E-state index in [4.69, 9.17) is 0 Å². The van der Waals surface area contributed by atoms with Gasteiger partial charge in [-0.3, -0.25) is 5.10 Å². The highest BCUT2D eigenvalue weighted by Crippen LogP contribution is 2.43. The molecule has 0 unspecified atom stereocenters. The Hall–Kier alpha value is -3.05. The Balaban J connectivity index is 1.66. The molecule has 0 saturated carbocycles. The molecule has 2 aromatic heterocycles. The summed E-state index contributed by atoms with van der Waals surface area (Å²) < 4.78 is 27.1. The number of benzene rings is 2. The van der Waals surface area contributed by atoms with Crippen LogP contribution < -0.4 is 0 Å². The minimum atomic E-state index is -0.520. The van der Waals surface area contributed by atoms with Crippen molar-refractivity contribution < 1.29 is 8.78 Å². The molecule has 0 spiro atoms. The molecule has 2 aromatic carbocycles. The van der Waals surface area contributed by atoms with Crippen LogP contribution in [0.3, 0.4) is 0 Å². The summed E-state index contributed by atoms with van der Waals surface area (Å²) in [7, 11) is 0. The third-order valence-corrected chi connectivity index (χ3v) is 6.22. The van der Waals surface area contributed by atoms with Gasteiger partial charge in [0, 0.05) is 23.1 Å².